The van der Waals surface area contributed by atoms with E-state index in [1.54, 1.807) is 11.3 Å². The molecule has 1 amide bonds. The van der Waals surface area contributed by atoms with Crippen LogP contribution in [0.5, 0.6) is 0 Å². The Kier molecular flexibility index (Phi) is 4.79. The molecule has 3 aromatic heterocycles. The van der Waals surface area contributed by atoms with Gasteiger partial charge in [-0.2, -0.15) is 0 Å². The lowest BCUT2D eigenvalue weighted by Crippen LogP contribution is -2.39. The van der Waals surface area contributed by atoms with Crippen LogP contribution in [0.1, 0.15) is 21.6 Å². The van der Waals surface area contributed by atoms with Crippen molar-refractivity contribution in [1.29, 1.82) is 0 Å². The lowest BCUT2D eigenvalue weighted by atomic mass is 10.0. The zero-order valence-corrected chi connectivity index (χ0v) is 18.5. The molecular formula is C23H21N3O2S2. The van der Waals surface area contributed by atoms with Crippen LogP contribution in [0.15, 0.2) is 46.1 Å². The van der Waals surface area contributed by atoms with E-state index in [0.717, 1.165) is 17.5 Å². The lowest BCUT2D eigenvalue weighted by Gasteiger charge is -2.27. The Morgan fingerprint density at radius 2 is 2.03 bits per heavy atom. The van der Waals surface area contributed by atoms with E-state index in [2.05, 4.69) is 42.4 Å². The molecule has 0 saturated heterocycles. The molecule has 0 saturated carbocycles. The van der Waals surface area contributed by atoms with Crippen molar-refractivity contribution >= 4 is 38.8 Å². The van der Waals surface area contributed by atoms with Crippen LogP contribution in [0.4, 0.5) is 0 Å². The van der Waals surface area contributed by atoms with Crippen LogP contribution < -0.4 is 5.56 Å². The van der Waals surface area contributed by atoms with Crippen molar-refractivity contribution in [1.82, 2.24) is 14.5 Å². The zero-order chi connectivity index (χ0) is 20.8. The third-order valence-electron chi connectivity index (χ3n) is 5.84. The summed E-state index contributed by atoms with van der Waals surface area (Å²) in [5.41, 5.74) is 5.36. The van der Waals surface area contributed by atoms with Crippen molar-refractivity contribution < 1.29 is 4.79 Å². The van der Waals surface area contributed by atoms with Crippen molar-refractivity contribution in [3.8, 4) is 11.1 Å². The number of carbonyl (C=O) groups is 1. The van der Waals surface area contributed by atoms with E-state index < -0.39 is 0 Å². The molecular weight excluding hydrogens is 414 g/mol. The Hall–Kier alpha value is -2.77. The molecule has 1 aliphatic rings. The van der Waals surface area contributed by atoms with Gasteiger partial charge in [-0.25, -0.2) is 4.98 Å². The topological polar surface area (TPSA) is 55.2 Å². The molecule has 0 N–H and O–H groups in total. The number of rotatable bonds is 3. The van der Waals surface area contributed by atoms with E-state index in [1.807, 2.05) is 16.3 Å². The minimum Gasteiger partial charge on any atom is -0.336 e. The van der Waals surface area contributed by atoms with Crippen LogP contribution >= 0.6 is 22.7 Å². The molecule has 0 spiro atoms. The lowest BCUT2D eigenvalue weighted by molar-refractivity contribution is -0.132. The van der Waals surface area contributed by atoms with Gasteiger partial charge in [-0.1, -0.05) is 18.2 Å². The second-order valence-corrected chi connectivity index (χ2v) is 9.60. The molecule has 5 rings (SSSR count). The van der Waals surface area contributed by atoms with Crippen LogP contribution in [0, 0.1) is 13.8 Å². The van der Waals surface area contributed by atoms with Crippen LogP contribution in [0.25, 0.3) is 21.3 Å². The van der Waals surface area contributed by atoms with Gasteiger partial charge in [-0.3, -0.25) is 14.2 Å². The Labute approximate surface area is 182 Å². The molecule has 152 valence electrons. The fraction of sp³-hybridized carbons (Fsp3) is 0.261. The van der Waals surface area contributed by atoms with E-state index in [0.29, 0.717) is 23.3 Å². The predicted molar refractivity (Wildman–Crippen MR) is 122 cm³/mol. The van der Waals surface area contributed by atoms with Crippen molar-refractivity contribution in [2.24, 2.45) is 0 Å². The maximum absolute atomic E-state index is 13.3. The molecule has 4 aromatic rings. The minimum atomic E-state index is -0.156. The molecule has 0 atom stereocenters. The summed E-state index contributed by atoms with van der Waals surface area (Å²) in [6.45, 7) is 5.48. The van der Waals surface area contributed by atoms with Gasteiger partial charge in [0.05, 0.1) is 11.7 Å². The molecule has 5 nitrogen and oxygen atoms in total. The molecule has 0 fully saturated rings. The van der Waals surface area contributed by atoms with Gasteiger partial charge in [0.15, 0.2) is 0 Å². The summed E-state index contributed by atoms with van der Waals surface area (Å²) in [6, 6.07) is 8.30. The maximum atomic E-state index is 13.3. The second-order valence-electron chi connectivity index (χ2n) is 7.74. The first-order valence-corrected chi connectivity index (χ1v) is 11.6. The van der Waals surface area contributed by atoms with Crippen LogP contribution in [0.3, 0.4) is 0 Å². The molecule has 0 bridgehead atoms. The van der Waals surface area contributed by atoms with Crippen molar-refractivity contribution in [3.05, 3.63) is 73.3 Å². The Bertz CT molecular complexity index is 1330. The number of thiophene rings is 2. The summed E-state index contributed by atoms with van der Waals surface area (Å²) in [4.78, 5) is 34.5. The van der Waals surface area contributed by atoms with Gasteiger partial charge < -0.3 is 4.90 Å². The summed E-state index contributed by atoms with van der Waals surface area (Å²) in [7, 11) is 0. The van der Waals surface area contributed by atoms with Gasteiger partial charge in [0.25, 0.3) is 5.56 Å². The number of benzene rings is 1. The van der Waals surface area contributed by atoms with E-state index in [-0.39, 0.29) is 18.0 Å². The minimum absolute atomic E-state index is 0.0173. The van der Waals surface area contributed by atoms with Crippen LogP contribution in [-0.2, 0) is 24.3 Å². The summed E-state index contributed by atoms with van der Waals surface area (Å²) < 4.78 is 1.45. The summed E-state index contributed by atoms with van der Waals surface area (Å²) in [6.07, 6.45) is 2.38. The molecule has 1 aliphatic heterocycles. The van der Waals surface area contributed by atoms with E-state index in [1.165, 1.54) is 43.8 Å². The third-order valence-corrected chi connectivity index (χ3v) is 7.75. The molecule has 30 heavy (non-hydrogen) atoms. The first kappa shape index (κ1) is 19.2. The highest BCUT2D eigenvalue weighted by atomic mass is 32.1. The monoisotopic (exact) mass is 435 g/mol. The number of nitrogens with zero attached hydrogens (tertiary/aromatic N) is 3. The quantitative estimate of drug-likeness (QED) is 0.480. The highest BCUT2D eigenvalue weighted by Gasteiger charge is 2.22. The predicted octanol–water partition coefficient (Wildman–Crippen LogP) is 4.39. The first-order chi connectivity index (χ1) is 14.5. The fourth-order valence-electron chi connectivity index (χ4n) is 3.91. The average molecular weight is 436 g/mol. The molecule has 0 radical (unpaired) electrons. The molecule has 0 unspecified atom stereocenters. The van der Waals surface area contributed by atoms with Gasteiger partial charge in [0.2, 0.25) is 5.91 Å². The number of carbonyl (C=O) groups excluding carboxylic acids is 1. The SMILES string of the molecule is Cc1ccc(-c2csc3ncn(CC(=O)N4CCc5sccc5C4)c(=O)c23)cc1C. The van der Waals surface area contributed by atoms with Gasteiger partial charge >= 0.3 is 0 Å². The molecule has 1 aromatic carbocycles. The van der Waals surface area contributed by atoms with Gasteiger partial charge in [0.1, 0.15) is 11.4 Å². The number of aryl methyl sites for hydroxylation is 2. The number of hydrogen-bond donors (Lipinski definition) is 0. The first-order valence-electron chi connectivity index (χ1n) is 9.88. The fourth-order valence-corrected chi connectivity index (χ4v) is 5.70. The van der Waals surface area contributed by atoms with Crippen molar-refractivity contribution in [2.75, 3.05) is 6.54 Å². The van der Waals surface area contributed by atoms with Gasteiger partial charge in [-0.05, 0) is 54.0 Å². The van der Waals surface area contributed by atoms with Gasteiger partial charge in [0, 0.05) is 28.9 Å². The number of amides is 1. The van der Waals surface area contributed by atoms with Gasteiger partial charge in [-0.15, -0.1) is 22.7 Å². The maximum Gasteiger partial charge on any atom is 0.263 e. The highest BCUT2D eigenvalue weighted by Crippen LogP contribution is 2.31. The van der Waals surface area contributed by atoms with E-state index in [9.17, 15) is 9.59 Å². The van der Waals surface area contributed by atoms with Crippen LogP contribution in [0.2, 0.25) is 0 Å². The van der Waals surface area contributed by atoms with Crippen LogP contribution in [-0.4, -0.2) is 26.9 Å². The second kappa shape index (κ2) is 7.49. The van der Waals surface area contributed by atoms with E-state index >= 15 is 0 Å². The largest absolute Gasteiger partial charge is 0.336 e. The normalized spacial score (nSPS) is 13.6. The van der Waals surface area contributed by atoms with Crippen molar-refractivity contribution in [2.45, 2.75) is 33.4 Å². The molecule has 0 aliphatic carbocycles. The third kappa shape index (κ3) is 3.28. The van der Waals surface area contributed by atoms with E-state index in [4.69, 9.17) is 0 Å². The highest BCUT2D eigenvalue weighted by molar-refractivity contribution is 7.17. The number of aromatic nitrogens is 2. The summed E-state index contributed by atoms with van der Waals surface area (Å²) in [5, 5.41) is 4.65. The number of hydrogen-bond acceptors (Lipinski definition) is 5. The zero-order valence-electron chi connectivity index (χ0n) is 16.8. The Morgan fingerprint density at radius 3 is 2.87 bits per heavy atom. The molecule has 4 heterocycles. The summed E-state index contributed by atoms with van der Waals surface area (Å²) in [5.74, 6) is -0.0435. The summed E-state index contributed by atoms with van der Waals surface area (Å²) >= 11 is 3.21. The average Bonchev–Trinajstić information content (AvgIpc) is 3.38. The Balaban J connectivity index is 1.47. The number of fused-ring (bicyclic) bond motifs is 2. The standard InChI is InChI=1S/C23H21N3O2S2/c1-14-3-4-16(9-15(14)2)18-12-30-22-21(18)23(28)26(13-24-22)11-20(27)25-7-5-19-17(10-25)6-8-29-19/h3-4,6,8-9,12-13H,5,7,10-11H2,1-2H3. The Morgan fingerprint density at radius 1 is 1.17 bits per heavy atom. The smallest absolute Gasteiger partial charge is 0.263 e. The molecule has 7 heteroatoms. The van der Waals surface area contributed by atoms with Crippen molar-refractivity contribution in [3.63, 3.8) is 0 Å².